The Balaban J connectivity index is 1.84. The van der Waals surface area contributed by atoms with Crippen LogP contribution in [-0.4, -0.2) is 12.5 Å². The molecule has 1 aromatic carbocycles. The van der Waals surface area contributed by atoms with E-state index in [-0.39, 0.29) is 0 Å². The third-order valence-corrected chi connectivity index (χ3v) is 4.34. The van der Waals surface area contributed by atoms with E-state index >= 15 is 0 Å². The molecule has 0 atom stereocenters. The molecule has 0 aliphatic heterocycles. The van der Waals surface area contributed by atoms with E-state index in [9.17, 15) is 4.79 Å². The van der Waals surface area contributed by atoms with Gasteiger partial charge in [-0.2, -0.15) is 0 Å². The standard InChI is InChI=1S/C16H25N3O/c1-11-2-4-12(5-3-11)8-9-19-15-10-13(16(18)20)6-7-14(15)17/h6-7,10-12,19H,2-5,8-9,17H2,1H3,(H2,18,20). The van der Waals surface area contributed by atoms with E-state index in [0.717, 1.165) is 30.5 Å². The molecule has 0 heterocycles. The van der Waals surface area contributed by atoms with Crippen molar-refractivity contribution in [3.8, 4) is 0 Å². The van der Waals surface area contributed by atoms with Gasteiger partial charge in [0.25, 0.3) is 0 Å². The summed E-state index contributed by atoms with van der Waals surface area (Å²) in [6.45, 7) is 3.23. The molecule has 1 aromatic rings. The molecule has 2 rings (SSSR count). The second-order valence-corrected chi connectivity index (χ2v) is 6.01. The molecule has 0 radical (unpaired) electrons. The Bertz CT molecular complexity index is 465. The quantitative estimate of drug-likeness (QED) is 0.722. The van der Waals surface area contributed by atoms with Gasteiger partial charge >= 0.3 is 0 Å². The molecule has 0 bridgehead atoms. The van der Waals surface area contributed by atoms with E-state index < -0.39 is 5.91 Å². The van der Waals surface area contributed by atoms with Gasteiger partial charge in [0.15, 0.2) is 0 Å². The third-order valence-electron chi connectivity index (χ3n) is 4.34. The molecule has 0 aromatic heterocycles. The fraction of sp³-hybridized carbons (Fsp3) is 0.562. The minimum atomic E-state index is -0.422. The summed E-state index contributed by atoms with van der Waals surface area (Å²) in [7, 11) is 0. The predicted octanol–water partition coefficient (Wildman–Crippen LogP) is 3.00. The number of nitrogen functional groups attached to an aromatic ring is 1. The zero-order valence-electron chi connectivity index (χ0n) is 12.2. The van der Waals surface area contributed by atoms with Crippen LogP contribution in [0.25, 0.3) is 0 Å². The Morgan fingerprint density at radius 3 is 2.65 bits per heavy atom. The molecule has 0 unspecified atom stereocenters. The van der Waals surface area contributed by atoms with Crippen LogP contribution in [0, 0.1) is 11.8 Å². The lowest BCUT2D eigenvalue weighted by Crippen LogP contribution is -2.16. The highest BCUT2D eigenvalue weighted by Gasteiger charge is 2.17. The van der Waals surface area contributed by atoms with Gasteiger partial charge in [0.05, 0.1) is 11.4 Å². The molecule has 4 heteroatoms. The van der Waals surface area contributed by atoms with E-state index in [1.165, 1.54) is 25.7 Å². The maximum atomic E-state index is 11.2. The Kier molecular flexibility index (Phi) is 4.88. The summed E-state index contributed by atoms with van der Waals surface area (Å²) < 4.78 is 0. The second-order valence-electron chi connectivity index (χ2n) is 6.01. The highest BCUT2D eigenvalue weighted by Crippen LogP contribution is 2.30. The average molecular weight is 275 g/mol. The Morgan fingerprint density at radius 1 is 1.30 bits per heavy atom. The van der Waals surface area contributed by atoms with Gasteiger partial charge < -0.3 is 16.8 Å². The van der Waals surface area contributed by atoms with Gasteiger partial charge in [0.2, 0.25) is 5.91 Å². The van der Waals surface area contributed by atoms with Crippen molar-refractivity contribution in [3.05, 3.63) is 23.8 Å². The fourth-order valence-corrected chi connectivity index (χ4v) is 2.89. The molecule has 0 spiro atoms. The summed E-state index contributed by atoms with van der Waals surface area (Å²) in [5.41, 5.74) is 13.2. The molecule has 20 heavy (non-hydrogen) atoms. The van der Waals surface area contributed by atoms with Crippen molar-refractivity contribution in [2.24, 2.45) is 17.6 Å². The first-order valence-corrected chi connectivity index (χ1v) is 7.49. The number of carbonyl (C=O) groups excluding carboxylic acids is 1. The Labute approximate surface area is 120 Å². The molecular weight excluding hydrogens is 250 g/mol. The van der Waals surface area contributed by atoms with E-state index in [1.807, 2.05) is 0 Å². The first-order chi connectivity index (χ1) is 9.56. The SMILES string of the molecule is CC1CCC(CCNc2cc(C(N)=O)ccc2N)CC1. The van der Waals surface area contributed by atoms with Gasteiger partial charge in [-0.3, -0.25) is 4.79 Å². The van der Waals surface area contributed by atoms with Crippen LogP contribution in [0.4, 0.5) is 11.4 Å². The first-order valence-electron chi connectivity index (χ1n) is 7.49. The van der Waals surface area contributed by atoms with Crippen LogP contribution in [0.2, 0.25) is 0 Å². The zero-order chi connectivity index (χ0) is 14.5. The Hall–Kier alpha value is -1.71. The van der Waals surface area contributed by atoms with Gasteiger partial charge in [-0.25, -0.2) is 0 Å². The maximum absolute atomic E-state index is 11.2. The number of primary amides is 1. The second kappa shape index (κ2) is 6.64. The Morgan fingerprint density at radius 2 is 2.00 bits per heavy atom. The van der Waals surface area contributed by atoms with Gasteiger partial charge in [-0.05, 0) is 36.5 Å². The van der Waals surface area contributed by atoms with E-state index in [2.05, 4.69) is 12.2 Å². The molecule has 5 N–H and O–H groups in total. The number of nitrogens with two attached hydrogens (primary N) is 2. The normalized spacial score (nSPS) is 22.4. The highest BCUT2D eigenvalue weighted by molar-refractivity contribution is 5.94. The number of anilines is 2. The lowest BCUT2D eigenvalue weighted by atomic mass is 9.81. The van der Waals surface area contributed by atoms with Crippen LogP contribution in [0.3, 0.4) is 0 Å². The number of nitrogens with one attached hydrogen (secondary N) is 1. The van der Waals surface area contributed by atoms with Crippen LogP contribution in [0.15, 0.2) is 18.2 Å². The number of hydrogen-bond donors (Lipinski definition) is 3. The lowest BCUT2D eigenvalue weighted by molar-refractivity contribution is 0.100. The van der Waals surface area contributed by atoms with Crippen molar-refractivity contribution in [1.29, 1.82) is 0 Å². The number of carbonyl (C=O) groups is 1. The van der Waals surface area contributed by atoms with Crippen LogP contribution in [-0.2, 0) is 0 Å². The number of benzene rings is 1. The van der Waals surface area contributed by atoms with Crippen molar-refractivity contribution in [2.45, 2.75) is 39.0 Å². The summed E-state index contributed by atoms with van der Waals surface area (Å²) in [5, 5.41) is 3.33. The minimum Gasteiger partial charge on any atom is -0.397 e. The maximum Gasteiger partial charge on any atom is 0.248 e. The molecule has 1 saturated carbocycles. The van der Waals surface area contributed by atoms with Crippen LogP contribution in [0.1, 0.15) is 49.4 Å². The smallest absolute Gasteiger partial charge is 0.248 e. The molecule has 1 fully saturated rings. The van der Waals surface area contributed by atoms with Crippen molar-refractivity contribution in [1.82, 2.24) is 0 Å². The monoisotopic (exact) mass is 275 g/mol. The molecule has 1 aliphatic carbocycles. The van der Waals surface area contributed by atoms with E-state index in [1.54, 1.807) is 18.2 Å². The van der Waals surface area contributed by atoms with Gasteiger partial charge in [0.1, 0.15) is 0 Å². The molecule has 1 amide bonds. The summed E-state index contributed by atoms with van der Waals surface area (Å²) in [5.74, 6) is 1.29. The molecule has 1 aliphatic rings. The third kappa shape index (κ3) is 3.89. The zero-order valence-corrected chi connectivity index (χ0v) is 12.2. The largest absolute Gasteiger partial charge is 0.397 e. The summed E-state index contributed by atoms with van der Waals surface area (Å²) in [4.78, 5) is 11.2. The van der Waals surface area contributed by atoms with E-state index in [0.29, 0.717) is 11.3 Å². The lowest BCUT2D eigenvalue weighted by Gasteiger charge is -2.26. The summed E-state index contributed by atoms with van der Waals surface area (Å²) in [6.07, 6.45) is 6.53. The molecule has 4 nitrogen and oxygen atoms in total. The van der Waals surface area contributed by atoms with Crippen molar-refractivity contribution in [3.63, 3.8) is 0 Å². The predicted molar refractivity (Wildman–Crippen MR) is 83.6 cm³/mol. The van der Waals surface area contributed by atoms with Gasteiger partial charge in [-0.15, -0.1) is 0 Å². The topological polar surface area (TPSA) is 81.1 Å². The summed E-state index contributed by atoms with van der Waals surface area (Å²) in [6, 6.07) is 5.12. The van der Waals surface area contributed by atoms with Crippen LogP contribution >= 0.6 is 0 Å². The number of amides is 1. The highest BCUT2D eigenvalue weighted by atomic mass is 16.1. The van der Waals surface area contributed by atoms with Gasteiger partial charge in [0, 0.05) is 12.1 Å². The minimum absolute atomic E-state index is 0.422. The number of hydrogen-bond acceptors (Lipinski definition) is 3. The fourth-order valence-electron chi connectivity index (χ4n) is 2.89. The van der Waals surface area contributed by atoms with Crippen LogP contribution in [0.5, 0.6) is 0 Å². The summed E-state index contributed by atoms with van der Waals surface area (Å²) >= 11 is 0. The van der Waals surface area contributed by atoms with E-state index in [4.69, 9.17) is 11.5 Å². The van der Waals surface area contributed by atoms with Crippen molar-refractivity contribution >= 4 is 17.3 Å². The van der Waals surface area contributed by atoms with Crippen LogP contribution < -0.4 is 16.8 Å². The first kappa shape index (κ1) is 14.7. The van der Waals surface area contributed by atoms with Crippen molar-refractivity contribution < 1.29 is 4.79 Å². The van der Waals surface area contributed by atoms with Gasteiger partial charge in [-0.1, -0.05) is 32.6 Å². The molecular formula is C16H25N3O. The molecule has 110 valence electrons. The molecule has 0 saturated heterocycles. The van der Waals surface area contributed by atoms with Crippen molar-refractivity contribution in [2.75, 3.05) is 17.6 Å². The average Bonchev–Trinajstić information content (AvgIpc) is 2.43. The number of rotatable bonds is 5.